The Labute approximate surface area is 107 Å². The van der Waals surface area contributed by atoms with Crippen LogP contribution in [0.3, 0.4) is 0 Å². The van der Waals surface area contributed by atoms with Crippen molar-refractivity contribution in [3.63, 3.8) is 0 Å². The van der Waals surface area contributed by atoms with E-state index in [-0.39, 0.29) is 12.7 Å². The van der Waals surface area contributed by atoms with Crippen molar-refractivity contribution in [2.75, 3.05) is 31.2 Å². The molecule has 1 aliphatic heterocycles. The normalized spacial score (nSPS) is 19.6. The van der Waals surface area contributed by atoms with Crippen molar-refractivity contribution in [1.82, 2.24) is 4.98 Å². The fourth-order valence-electron chi connectivity index (χ4n) is 2.16. The molecule has 2 heterocycles. The third-order valence-corrected chi connectivity index (χ3v) is 3.00. The molecule has 1 aromatic rings. The lowest BCUT2D eigenvalue weighted by Gasteiger charge is -2.33. The first-order valence-electron chi connectivity index (χ1n) is 6.18. The Morgan fingerprint density at radius 3 is 3.22 bits per heavy atom. The van der Waals surface area contributed by atoms with E-state index in [1.807, 2.05) is 18.2 Å². The molecule has 0 saturated carbocycles. The largest absolute Gasteiger partial charge is 0.394 e. The fraction of sp³-hybridized carbons (Fsp3) is 0.538. The van der Waals surface area contributed by atoms with Gasteiger partial charge in [-0.1, -0.05) is 6.07 Å². The van der Waals surface area contributed by atoms with Crippen LogP contribution in [0, 0.1) is 11.3 Å². The summed E-state index contributed by atoms with van der Waals surface area (Å²) in [6.45, 7) is 2.13. The van der Waals surface area contributed by atoms with Crippen LogP contribution in [-0.2, 0) is 4.74 Å². The summed E-state index contributed by atoms with van der Waals surface area (Å²) in [5.41, 5.74) is 0.436. The van der Waals surface area contributed by atoms with Crippen LogP contribution in [0.1, 0.15) is 18.5 Å². The second kappa shape index (κ2) is 6.34. The van der Waals surface area contributed by atoms with Crippen LogP contribution in [0.15, 0.2) is 18.2 Å². The van der Waals surface area contributed by atoms with Gasteiger partial charge in [0, 0.05) is 13.1 Å². The van der Waals surface area contributed by atoms with Crippen molar-refractivity contribution in [3.05, 3.63) is 23.9 Å². The minimum atomic E-state index is 0.0542. The van der Waals surface area contributed by atoms with Gasteiger partial charge in [0.25, 0.3) is 0 Å². The molecule has 1 aliphatic rings. The Kier molecular flexibility index (Phi) is 4.51. The van der Waals surface area contributed by atoms with E-state index >= 15 is 0 Å². The minimum absolute atomic E-state index is 0.0542. The Balaban J connectivity index is 2.01. The number of anilines is 1. The van der Waals surface area contributed by atoms with E-state index in [2.05, 4.69) is 9.88 Å². The van der Waals surface area contributed by atoms with E-state index in [0.717, 1.165) is 31.7 Å². The molecule has 1 fully saturated rings. The molecule has 0 aromatic carbocycles. The third-order valence-electron chi connectivity index (χ3n) is 3.00. The first-order valence-corrected chi connectivity index (χ1v) is 6.18. The number of nitriles is 1. The number of pyridine rings is 1. The summed E-state index contributed by atoms with van der Waals surface area (Å²) in [4.78, 5) is 6.42. The highest BCUT2D eigenvalue weighted by Crippen LogP contribution is 2.19. The molecule has 18 heavy (non-hydrogen) atoms. The van der Waals surface area contributed by atoms with Crippen LogP contribution in [0.4, 0.5) is 5.82 Å². The molecule has 1 N–H and O–H groups in total. The van der Waals surface area contributed by atoms with Gasteiger partial charge in [-0.05, 0) is 25.0 Å². The Hall–Kier alpha value is -1.64. The lowest BCUT2D eigenvalue weighted by Crippen LogP contribution is -2.40. The van der Waals surface area contributed by atoms with Gasteiger partial charge in [0.1, 0.15) is 17.6 Å². The number of hydrogen-bond acceptors (Lipinski definition) is 5. The fourth-order valence-corrected chi connectivity index (χ4v) is 2.16. The average molecular weight is 247 g/mol. The first-order chi connectivity index (χ1) is 8.83. The lowest BCUT2D eigenvalue weighted by atomic mass is 10.1. The number of piperidine rings is 1. The molecule has 0 aliphatic carbocycles. The van der Waals surface area contributed by atoms with Crippen LogP contribution in [0.5, 0.6) is 0 Å². The average Bonchev–Trinajstić information content (AvgIpc) is 2.45. The summed E-state index contributed by atoms with van der Waals surface area (Å²) < 4.78 is 5.56. The molecule has 0 spiro atoms. The Morgan fingerprint density at radius 1 is 1.56 bits per heavy atom. The van der Waals surface area contributed by atoms with Crippen molar-refractivity contribution < 1.29 is 9.84 Å². The zero-order chi connectivity index (χ0) is 12.8. The predicted octanol–water partition coefficient (Wildman–Crippen LogP) is 0.931. The van der Waals surface area contributed by atoms with Gasteiger partial charge in [-0.25, -0.2) is 4.98 Å². The first kappa shape index (κ1) is 12.8. The van der Waals surface area contributed by atoms with Crippen molar-refractivity contribution in [3.8, 4) is 6.07 Å². The van der Waals surface area contributed by atoms with Crippen LogP contribution >= 0.6 is 0 Å². The lowest BCUT2D eigenvalue weighted by molar-refractivity contribution is 0.0213. The van der Waals surface area contributed by atoms with Crippen molar-refractivity contribution in [2.24, 2.45) is 0 Å². The highest BCUT2D eigenvalue weighted by molar-refractivity contribution is 5.42. The number of nitrogens with zero attached hydrogens (tertiary/aromatic N) is 3. The molecule has 5 heteroatoms. The van der Waals surface area contributed by atoms with E-state index in [1.165, 1.54) is 0 Å². The molecule has 1 unspecified atom stereocenters. The van der Waals surface area contributed by atoms with Crippen LogP contribution < -0.4 is 4.90 Å². The summed E-state index contributed by atoms with van der Waals surface area (Å²) in [5, 5.41) is 17.6. The monoisotopic (exact) mass is 247 g/mol. The molecule has 0 radical (unpaired) electrons. The van der Waals surface area contributed by atoms with Crippen molar-refractivity contribution >= 4 is 5.82 Å². The van der Waals surface area contributed by atoms with Gasteiger partial charge in [0.15, 0.2) is 0 Å². The van der Waals surface area contributed by atoms with Gasteiger partial charge in [-0.2, -0.15) is 5.26 Å². The summed E-state index contributed by atoms with van der Waals surface area (Å²) in [5.74, 6) is 0.825. The topological polar surface area (TPSA) is 69.4 Å². The maximum Gasteiger partial charge on any atom is 0.142 e. The van der Waals surface area contributed by atoms with E-state index in [4.69, 9.17) is 15.1 Å². The molecular formula is C13H17N3O2. The summed E-state index contributed by atoms with van der Waals surface area (Å²) in [6.07, 6.45) is 2.18. The summed E-state index contributed by atoms with van der Waals surface area (Å²) >= 11 is 0. The van der Waals surface area contributed by atoms with E-state index < -0.39 is 0 Å². The predicted molar refractivity (Wildman–Crippen MR) is 67.2 cm³/mol. The molecule has 0 amide bonds. The number of ether oxygens (including phenoxy) is 1. The van der Waals surface area contributed by atoms with Crippen LogP contribution in [0.2, 0.25) is 0 Å². The number of aliphatic hydroxyl groups is 1. The van der Waals surface area contributed by atoms with Crippen molar-refractivity contribution in [1.29, 1.82) is 5.26 Å². The molecule has 0 bridgehead atoms. The Bertz CT molecular complexity index is 430. The molecule has 96 valence electrons. The molecule has 1 saturated heterocycles. The SMILES string of the molecule is N#Cc1cccc(N2CCCC(OCCO)C2)n1. The highest BCUT2D eigenvalue weighted by Gasteiger charge is 2.21. The summed E-state index contributed by atoms with van der Waals surface area (Å²) in [7, 11) is 0. The van der Waals surface area contributed by atoms with Gasteiger partial charge in [0.2, 0.25) is 0 Å². The number of rotatable bonds is 4. The molecule has 2 rings (SSSR count). The van der Waals surface area contributed by atoms with Crippen molar-refractivity contribution in [2.45, 2.75) is 18.9 Å². The molecule has 1 atom stereocenters. The van der Waals surface area contributed by atoms with Gasteiger partial charge in [-0.15, -0.1) is 0 Å². The van der Waals surface area contributed by atoms with E-state index in [9.17, 15) is 0 Å². The maximum absolute atomic E-state index is 8.85. The second-order valence-electron chi connectivity index (χ2n) is 4.30. The van der Waals surface area contributed by atoms with Gasteiger partial charge in [0.05, 0.1) is 19.3 Å². The van der Waals surface area contributed by atoms with E-state index in [0.29, 0.717) is 12.3 Å². The highest BCUT2D eigenvalue weighted by atomic mass is 16.5. The molecule has 1 aromatic heterocycles. The molecular weight excluding hydrogens is 230 g/mol. The van der Waals surface area contributed by atoms with Gasteiger partial charge < -0.3 is 14.7 Å². The third kappa shape index (κ3) is 3.19. The maximum atomic E-state index is 8.85. The number of hydrogen-bond donors (Lipinski definition) is 1. The Morgan fingerprint density at radius 2 is 2.44 bits per heavy atom. The van der Waals surface area contributed by atoms with E-state index in [1.54, 1.807) is 6.07 Å². The smallest absolute Gasteiger partial charge is 0.142 e. The summed E-state index contributed by atoms with van der Waals surface area (Å²) in [6, 6.07) is 7.51. The molecule has 5 nitrogen and oxygen atoms in total. The minimum Gasteiger partial charge on any atom is -0.394 e. The standard InChI is InChI=1S/C13H17N3O2/c14-9-11-3-1-5-13(15-11)16-6-2-4-12(10-16)18-8-7-17/h1,3,5,12,17H,2,4,6-8,10H2. The zero-order valence-corrected chi connectivity index (χ0v) is 10.2. The number of aliphatic hydroxyl groups excluding tert-OH is 1. The quantitative estimate of drug-likeness (QED) is 0.857. The second-order valence-corrected chi connectivity index (χ2v) is 4.30. The van der Waals surface area contributed by atoms with Gasteiger partial charge >= 0.3 is 0 Å². The van der Waals surface area contributed by atoms with Crippen LogP contribution in [-0.4, -0.2) is 42.5 Å². The van der Waals surface area contributed by atoms with Crippen LogP contribution in [0.25, 0.3) is 0 Å². The number of aromatic nitrogens is 1. The zero-order valence-electron chi connectivity index (χ0n) is 10.2. The van der Waals surface area contributed by atoms with Gasteiger partial charge in [-0.3, -0.25) is 0 Å².